The summed E-state index contributed by atoms with van der Waals surface area (Å²) in [5, 5.41) is 1.19. The molecular weight excluding hydrogens is 563 g/mol. The molecule has 0 saturated carbocycles. The second-order valence-electron chi connectivity index (χ2n) is 5.59. The molecule has 1 aliphatic rings. The lowest BCUT2D eigenvalue weighted by atomic mass is 10.2. The van der Waals surface area contributed by atoms with Crippen LogP contribution < -0.4 is 4.74 Å². The van der Waals surface area contributed by atoms with Gasteiger partial charge in [-0.1, -0.05) is 17.7 Å². The van der Waals surface area contributed by atoms with E-state index in [0.717, 1.165) is 19.4 Å². The molecule has 1 aliphatic heterocycles. The molecule has 4 nitrogen and oxygen atoms in total. The predicted octanol–water partition coefficient (Wildman–Crippen LogP) is 6.34. The molecule has 8 heteroatoms. The van der Waals surface area contributed by atoms with Crippen LogP contribution in [0.5, 0.6) is 5.75 Å². The third kappa shape index (κ3) is 4.88. The maximum atomic E-state index is 12.6. The zero-order valence-electron chi connectivity index (χ0n) is 14.5. The van der Waals surface area contributed by atoms with Crippen LogP contribution in [-0.4, -0.2) is 29.6 Å². The van der Waals surface area contributed by atoms with E-state index in [4.69, 9.17) is 16.3 Å². The number of hydrogen-bond donors (Lipinski definition) is 0. The Labute approximate surface area is 189 Å². The lowest BCUT2D eigenvalue weighted by Crippen LogP contribution is -2.23. The van der Waals surface area contributed by atoms with Gasteiger partial charge in [0.25, 0.3) is 5.91 Å². The molecule has 0 unspecified atom stereocenters. The van der Waals surface area contributed by atoms with Crippen molar-refractivity contribution in [2.24, 2.45) is 4.99 Å². The molecule has 2 aromatic carbocycles. The van der Waals surface area contributed by atoms with E-state index < -0.39 is 0 Å². The van der Waals surface area contributed by atoms with Gasteiger partial charge in [-0.05, 0) is 99.2 Å². The summed E-state index contributed by atoms with van der Waals surface area (Å²) >= 11 is 13.1. The Morgan fingerprint density at radius 2 is 2.11 bits per heavy atom. The minimum atomic E-state index is -0.0779. The standard InChI is InChI=1S/C19H15BrClIN2O2S/c1-3-26-16-7-4-11(8-15(16)22)9-17-18(25)24(2)19(27-17)23-12-5-6-13(20)14(21)10-12/h4-10H,3H2,1-2H3/b17-9-,23-19?. The van der Waals surface area contributed by atoms with Crippen molar-refractivity contribution >= 4 is 84.7 Å². The molecule has 0 aromatic heterocycles. The van der Waals surface area contributed by atoms with Gasteiger partial charge >= 0.3 is 0 Å². The average Bonchev–Trinajstić information content (AvgIpc) is 2.89. The van der Waals surface area contributed by atoms with E-state index in [0.29, 0.717) is 27.4 Å². The average molecular weight is 578 g/mol. The van der Waals surface area contributed by atoms with Gasteiger partial charge in [0.15, 0.2) is 5.17 Å². The summed E-state index contributed by atoms with van der Waals surface area (Å²) in [5.41, 5.74) is 1.64. The molecule has 0 bridgehead atoms. The van der Waals surface area contributed by atoms with Crippen molar-refractivity contribution in [3.8, 4) is 5.75 Å². The minimum Gasteiger partial charge on any atom is -0.493 e. The number of halogens is 3. The van der Waals surface area contributed by atoms with Gasteiger partial charge in [0.2, 0.25) is 0 Å². The van der Waals surface area contributed by atoms with Gasteiger partial charge in [-0.15, -0.1) is 0 Å². The molecule has 1 heterocycles. The minimum absolute atomic E-state index is 0.0779. The van der Waals surface area contributed by atoms with E-state index in [1.54, 1.807) is 18.0 Å². The zero-order valence-corrected chi connectivity index (χ0v) is 19.8. The molecular formula is C19H15BrClIN2O2S. The summed E-state index contributed by atoms with van der Waals surface area (Å²) < 4.78 is 7.37. The number of ether oxygens (including phenoxy) is 1. The lowest BCUT2D eigenvalue weighted by molar-refractivity contribution is -0.121. The van der Waals surface area contributed by atoms with Crippen molar-refractivity contribution in [2.45, 2.75) is 6.92 Å². The first-order valence-electron chi connectivity index (χ1n) is 8.02. The molecule has 1 fully saturated rings. The van der Waals surface area contributed by atoms with Crippen LogP contribution in [0.3, 0.4) is 0 Å². The van der Waals surface area contributed by atoms with Gasteiger partial charge in [0.1, 0.15) is 5.75 Å². The number of hydrogen-bond acceptors (Lipinski definition) is 4. The van der Waals surface area contributed by atoms with E-state index in [-0.39, 0.29) is 5.91 Å². The summed E-state index contributed by atoms with van der Waals surface area (Å²) in [6, 6.07) is 11.3. The molecule has 0 spiro atoms. The third-order valence-corrected chi connectivity index (χ3v) is 6.82. The number of benzene rings is 2. The number of amidine groups is 1. The summed E-state index contributed by atoms with van der Waals surface area (Å²) in [7, 11) is 1.72. The van der Waals surface area contributed by atoms with Crippen LogP contribution in [0.4, 0.5) is 5.69 Å². The van der Waals surface area contributed by atoms with Crippen LogP contribution in [0.1, 0.15) is 12.5 Å². The van der Waals surface area contributed by atoms with Gasteiger partial charge < -0.3 is 4.74 Å². The number of carbonyl (C=O) groups excluding carboxylic acids is 1. The maximum Gasteiger partial charge on any atom is 0.266 e. The SMILES string of the molecule is CCOc1ccc(/C=C2\SC(=Nc3ccc(Br)c(Cl)c3)N(C)C2=O)cc1I. The van der Waals surface area contributed by atoms with Crippen LogP contribution in [0.2, 0.25) is 5.02 Å². The number of aliphatic imine (C=N–C) groups is 1. The fourth-order valence-corrected chi connectivity index (χ4v) is 4.45. The van der Waals surface area contributed by atoms with E-state index >= 15 is 0 Å². The highest BCUT2D eigenvalue weighted by atomic mass is 127. The van der Waals surface area contributed by atoms with Crippen LogP contribution in [0.15, 0.2) is 50.8 Å². The summed E-state index contributed by atoms with van der Waals surface area (Å²) in [6.45, 7) is 2.57. The number of rotatable bonds is 4. The van der Waals surface area contributed by atoms with Crippen molar-refractivity contribution in [3.05, 3.63) is 59.9 Å². The molecule has 140 valence electrons. The Morgan fingerprint density at radius 3 is 2.78 bits per heavy atom. The number of amides is 1. The molecule has 0 N–H and O–H groups in total. The quantitative estimate of drug-likeness (QED) is 0.315. The fourth-order valence-electron chi connectivity index (χ4n) is 2.35. The summed E-state index contributed by atoms with van der Waals surface area (Å²) in [4.78, 5) is 19.3. The highest BCUT2D eigenvalue weighted by molar-refractivity contribution is 14.1. The zero-order chi connectivity index (χ0) is 19.6. The number of likely N-dealkylation sites (N-methyl/N-ethyl adjacent to an activating group) is 1. The molecule has 1 saturated heterocycles. The van der Waals surface area contributed by atoms with Gasteiger partial charge in [-0.3, -0.25) is 9.69 Å². The first kappa shape index (κ1) is 20.7. The highest BCUT2D eigenvalue weighted by Crippen LogP contribution is 2.35. The van der Waals surface area contributed by atoms with Gasteiger partial charge in [-0.25, -0.2) is 4.99 Å². The number of nitrogens with zero attached hydrogens (tertiary/aromatic N) is 2. The second-order valence-corrected chi connectivity index (χ2v) is 9.02. The van der Waals surface area contributed by atoms with Crippen LogP contribution in [0.25, 0.3) is 6.08 Å². The van der Waals surface area contributed by atoms with Crippen molar-refractivity contribution in [3.63, 3.8) is 0 Å². The van der Waals surface area contributed by atoms with E-state index in [2.05, 4.69) is 43.5 Å². The number of thioether (sulfide) groups is 1. The van der Waals surface area contributed by atoms with Crippen molar-refractivity contribution in [2.75, 3.05) is 13.7 Å². The molecule has 1 amide bonds. The molecule has 0 radical (unpaired) electrons. The number of carbonyl (C=O) groups is 1. The predicted molar refractivity (Wildman–Crippen MR) is 125 cm³/mol. The Morgan fingerprint density at radius 1 is 1.33 bits per heavy atom. The van der Waals surface area contributed by atoms with Crippen molar-refractivity contribution in [1.29, 1.82) is 0 Å². The Balaban J connectivity index is 1.87. The molecule has 0 atom stereocenters. The Hall–Kier alpha value is -1.03. The summed E-state index contributed by atoms with van der Waals surface area (Å²) in [5.74, 6) is 0.767. The van der Waals surface area contributed by atoms with Gasteiger partial charge in [0, 0.05) is 11.5 Å². The Kier molecular flexibility index (Phi) is 6.88. The lowest BCUT2D eigenvalue weighted by Gasteiger charge is -2.07. The van der Waals surface area contributed by atoms with Crippen molar-refractivity contribution < 1.29 is 9.53 Å². The normalized spacial score (nSPS) is 17.2. The van der Waals surface area contributed by atoms with Crippen LogP contribution >= 0.6 is 61.9 Å². The van der Waals surface area contributed by atoms with E-state index in [1.165, 1.54) is 11.8 Å². The van der Waals surface area contributed by atoms with E-state index in [1.807, 2.05) is 43.3 Å². The molecule has 27 heavy (non-hydrogen) atoms. The molecule has 0 aliphatic carbocycles. The fraction of sp³-hybridized carbons (Fsp3) is 0.158. The summed E-state index contributed by atoms with van der Waals surface area (Å²) in [6.07, 6.45) is 1.87. The largest absolute Gasteiger partial charge is 0.493 e. The molecule has 3 rings (SSSR count). The maximum absolute atomic E-state index is 12.6. The third-order valence-electron chi connectivity index (χ3n) is 3.69. The second kappa shape index (κ2) is 8.98. The monoisotopic (exact) mass is 576 g/mol. The van der Waals surface area contributed by atoms with E-state index in [9.17, 15) is 4.79 Å². The van der Waals surface area contributed by atoms with Crippen LogP contribution in [-0.2, 0) is 4.79 Å². The topological polar surface area (TPSA) is 41.9 Å². The first-order chi connectivity index (χ1) is 12.9. The van der Waals surface area contributed by atoms with Gasteiger partial charge in [0.05, 0.1) is 25.8 Å². The first-order valence-corrected chi connectivity index (χ1v) is 11.1. The van der Waals surface area contributed by atoms with Crippen LogP contribution in [0, 0.1) is 3.57 Å². The van der Waals surface area contributed by atoms with Crippen molar-refractivity contribution in [1.82, 2.24) is 4.90 Å². The Bertz CT molecular complexity index is 965. The molecule has 2 aromatic rings. The highest BCUT2D eigenvalue weighted by Gasteiger charge is 2.30. The smallest absolute Gasteiger partial charge is 0.266 e. The van der Waals surface area contributed by atoms with Gasteiger partial charge in [-0.2, -0.15) is 0 Å².